The van der Waals surface area contributed by atoms with Crippen molar-refractivity contribution < 1.29 is 27.1 Å². The van der Waals surface area contributed by atoms with Gasteiger partial charge in [0.05, 0.1) is 19.1 Å². The van der Waals surface area contributed by atoms with E-state index in [9.17, 15) is 22.4 Å². The molecule has 0 aromatic heterocycles. The molecule has 0 aliphatic carbocycles. The van der Waals surface area contributed by atoms with E-state index in [0.29, 0.717) is 18.6 Å². The fraction of sp³-hybridized carbons (Fsp3) is 0.440. The molecule has 35 heavy (non-hydrogen) atoms. The van der Waals surface area contributed by atoms with Crippen LogP contribution in [0.1, 0.15) is 39.2 Å². The average molecular weight is 508 g/mol. The molecule has 0 radical (unpaired) electrons. The molecule has 1 N–H and O–H groups in total. The van der Waals surface area contributed by atoms with Gasteiger partial charge in [-0.15, -0.1) is 0 Å². The van der Waals surface area contributed by atoms with Crippen LogP contribution in [0.4, 0.5) is 10.1 Å². The van der Waals surface area contributed by atoms with Gasteiger partial charge in [0.2, 0.25) is 21.8 Å². The second-order valence-electron chi connectivity index (χ2n) is 8.33. The number of amides is 2. The maximum absolute atomic E-state index is 14.5. The van der Waals surface area contributed by atoms with Crippen molar-refractivity contribution in [2.24, 2.45) is 0 Å². The van der Waals surface area contributed by atoms with Crippen LogP contribution < -0.4 is 14.4 Å². The Balaban J connectivity index is 2.44. The van der Waals surface area contributed by atoms with E-state index < -0.39 is 34.3 Å². The Morgan fingerprint density at radius 2 is 1.69 bits per heavy atom. The predicted molar refractivity (Wildman–Crippen MR) is 134 cm³/mol. The van der Waals surface area contributed by atoms with E-state index in [4.69, 9.17) is 4.74 Å². The molecule has 0 fully saturated rings. The molecule has 0 spiro atoms. The summed E-state index contributed by atoms with van der Waals surface area (Å²) < 4.78 is 45.4. The summed E-state index contributed by atoms with van der Waals surface area (Å²) in [7, 11) is -2.46. The lowest BCUT2D eigenvalue weighted by Crippen LogP contribution is -2.53. The van der Waals surface area contributed by atoms with E-state index in [1.165, 1.54) is 23.1 Å². The third kappa shape index (κ3) is 7.68. The summed E-state index contributed by atoms with van der Waals surface area (Å²) in [5.41, 5.74) is 0.496. The van der Waals surface area contributed by atoms with E-state index in [0.717, 1.165) is 22.2 Å². The lowest BCUT2D eigenvalue weighted by molar-refractivity contribution is -0.140. The maximum Gasteiger partial charge on any atom is 0.244 e. The van der Waals surface area contributed by atoms with Crippen LogP contribution in [0, 0.1) is 5.82 Å². The van der Waals surface area contributed by atoms with E-state index >= 15 is 0 Å². The molecule has 0 saturated heterocycles. The van der Waals surface area contributed by atoms with E-state index in [-0.39, 0.29) is 24.2 Å². The SMILES string of the molecule is CC[C@H](C)NC(=O)[C@H](CC)N(Cc1ccc(OC)cc1)C(=O)CN(c1ccccc1F)S(C)(=O)=O. The minimum absolute atomic E-state index is 0.0597. The Bertz CT molecular complexity index is 1110. The van der Waals surface area contributed by atoms with Gasteiger partial charge in [0, 0.05) is 12.6 Å². The Morgan fingerprint density at radius 1 is 1.06 bits per heavy atom. The molecule has 10 heteroatoms. The van der Waals surface area contributed by atoms with Gasteiger partial charge in [0.1, 0.15) is 24.2 Å². The molecule has 0 saturated carbocycles. The monoisotopic (exact) mass is 507 g/mol. The van der Waals surface area contributed by atoms with Crippen molar-refractivity contribution in [3.05, 3.63) is 59.9 Å². The summed E-state index contributed by atoms with van der Waals surface area (Å²) in [5, 5.41) is 2.90. The van der Waals surface area contributed by atoms with Gasteiger partial charge < -0.3 is 15.0 Å². The van der Waals surface area contributed by atoms with Crippen molar-refractivity contribution >= 4 is 27.5 Å². The number of para-hydroxylation sites is 1. The quantitative estimate of drug-likeness (QED) is 0.476. The van der Waals surface area contributed by atoms with Gasteiger partial charge in [-0.1, -0.05) is 38.1 Å². The maximum atomic E-state index is 14.5. The van der Waals surface area contributed by atoms with Crippen LogP contribution in [0.5, 0.6) is 5.75 Å². The van der Waals surface area contributed by atoms with Crippen LogP contribution in [0.3, 0.4) is 0 Å². The number of ether oxygens (including phenoxy) is 1. The third-order valence-corrected chi connectivity index (χ3v) is 6.83. The van der Waals surface area contributed by atoms with Crippen molar-refractivity contribution in [3.8, 4) is 5.75 Å². The van der Waals surface area contributed by atoms with Gasteiger partial charge in [-0.2, -0.15) is 0 Å². The highest BCUT2D eigenvalue weighted by molar-refractivity contribution is 7.92. The number of carbonyl (C=O) groups is 2. The highest BCUT2D eigenvalue weighted by Gasteiger charge is 2.32. The number of benzene rings is 2. The summed E-state index contributed by atoms with van der Waals surface area (Å²) in [6, 6.07) is 11.4. The molecule has 0 heterocycles. The zero-order valence-corrected chi connectivity index (χ0v) is 21.6. The first kappa shape index (κ1) is 28.1. The molecule has 0 aliphatic rings. The second-order valence-corrected chi connectivity index (χ2v) is 10.2. The van der Waals surface area contributed by atoms with Gasteiger partial charge in [-0.05, 0) is 49.6 Å². The first-order valence-corrected chi connectivity index (χ1v) is 13.3. The molecule has 8 nitrogen and oxygen atoms in total. The number of rotatable bonds is 12. The van der Waals surface area contributed by atoms with Crippen LogP contribution in [-0.2, 0) is 26.2 Å². The molecular formula is C25H34FN3O5S. The Hall–Kier alpha value is -3.14. The van der Waals surface area contributed by atoms with Crippen molar-refractivity contribution in [1.82, 2.24) is 10.2 Å². The van der Waals surface area contributed by atoms with Crippen LogP contribution in [0.25, 0.3) is 0 Å². The second kappa shape index (κ2) is 12.5. The molecular weight excluding hydrogens is 473 g/mol. The highest BCUT2D eigenvalue weighted by Crippen LogP contribution is 2.23. The largest absolute Gasteiger partial charge is 0.497 e. The van der Waals surface area contributed by atoms with Crippen molar-refractivity contribution in [2.45, 2.75) is 52.2 Å². The molecule has 2 aromatic carbocycles. The first-order valence-electron chi connectivity index (χ1n) is 11.5. The Kier molecular flexibility index (Phi) is 10.1. The Labute approximate surface area is 207 Å². The third-order valence-electron chi connectivity index (χ3n) is 5.70. The topological polar surface area (TPSA) is 96.0 Å². The standard InChI is InChI=1S/C25H34FN3O5S/c1-6-18(3)27-25(31)22(7-2)28(16-19-12-14-20(34-4)15-13-19)24(30)17-29(35(5,32)33)23-11-9-8-10-21(23)26/h8-15,18,22H,6-7,16-17H2,1-5H3,(H,27,31)/t18-,22-/m0/s1. The molecule has 0 unspecified atom stereocenters. The lowest BCUT2D eigenvalue weighted by atomic mass is 10.1. The molecule has 2 rings (SSSR count). The number of nitrogens with one attached hydrogen (secondary N) is 1. The summed E-state index contributed by atoms with van der Waals surface area (Å²) >= 11 is 0. The number of halogens is 1. The van der Waals surface area contributed by atoms with Gasteiger partial charge in [-0.25, -0.2) is 12.8 Å². The van der Waals surface area contributed by atoms with Gasteiger partial charge in [0.25, 0.3) is 0 Å². The molecule has 2 atom stereocenters. The van der Waals surface area contributed by atoms with E-state index in [1.807, 2.05) is 13.8 Å². The average Bonchev–Trinajstić information content (AvgIpc) is 2.82. The highest BCUT2D eigenvalue weighted by atomic mass is 32.2. The van der Waals surface area contributed by atoms with Crippen molar-refractivity contribution in [1.29, 1.82) is 0 Å². The van der Waals surface area contributed by atoms with Crippen molar-refractivity contribution in [2.75, 3.05) is 24.2 Å². The van der Waals surface area contributed by atoms with Crippen LogP contribution >= 0.6 is 0 Å². The lowest BCUT2D eigenvalue weighted by Gasteiger charge is -2.33. The number of anilines is 1. The number of carbonyl (C=O) groups excluding carboxylic acids is 2. The van der Waals surface area contributed by atoms with E-state index in [2.05, 4.69) is 5.32 Å². The molecule has 0 bridgehead atoms. The predicted octanol–water partition coefficient (Wildman–Crippen LogP) is 3.32. The smallest absolute Gasteiger partial charge is 0.244 e. The van der Waals surface area contributed by atoms with Crippen LogP contribution in [0.2, 0.25) is 0 Å². The minimum Gasteiger partial charge on any atom is -0.497 e. The van der Waals surface area contributed by atoms with Gasteiger partial charge >= 0.3 is 0 Å². The zero-order valence-electron chi connectivity index (χ0n) is 20.8. The fourth-order valence-electron chi connectivity index (χ4n) is 3.54. The zero-order chi connectivity index (χ0) is 26.2. The molecule has 2 amide bonds. The van der Waals surface area contributed by atoms with Gasteiger partial charge in [0.15, 0.2) is 0 Å². The number of hydrogen-bond acceptors (Lipinski definition) is 5. The summed E-state index contributed by atoms with van der Waals surface area (Å²) in [6.07, 6.45) is 1.93. The van der Waals surface area contributed by atoms with E-state index in [1.54, 1.807) is 38.3 Å². The Morgan fingerprint density at radius 3 is 2.20 bits per heavy atom. The molecule has 2 aromatic rings. The number of sulfonamides is 1. The van der Waals surface area contributed by atoms with Crippen LogP contribution in [0.15, 0.2) is 48.5 Å². The minimum atomic E-state index is -4.00. The van der Waals surface area contributed by atoms with Crippen LogP contribution in [-0.4, -0.2) is 57.1 Å². The normalized spacial score (nSPS) is 13.0. The van der Waals surface area contributed by atoms with Crippen molar-refractivity contribution in [3.63, 3.8) is 0 Å². The number of hydrogen-bond donors (Lipinski definition) is 1. The summed E-state index contributed by atoms with van der Waals surface area (Å²) in [6.45, 7) is 4.99. The number of methoxy groups -OCH3 is 1. The molecule has 192 valence electrons. The fourth-order valence-corrected chi connectivity index (χ4v) is 4.39. The molecule has 0 aliphatic heterocycles. The summed E-state index contributed by atoms with van der Waals surface area (Å²) in [5.74, 6) is -1.09. The first-order chi connectivity index (χ1) is 16.5. The summed E-state index contributed by atoms with van der Waals surface area (Å²) in [4.78, 5) is 28.0. The number of nitrogens with zero attached hydrogens (tertiary/aromatic N) is 2. The van der Waals surface area contributed by atoms with Gasteiger partial charge in [-0.3, -0.25) is 13.9 Å².